The molecule has 0 amide bonds. The summed E-state index contributed by atoms with van der Waals surface area (Å²) in [5.41, 5.74) is 3.44. The van der Waals surface area contributed by atoms with E-state index in [1.165, 1.54) is 0 Å². The lowest BCUT2D eigenvalue weighted by molar-refractivity contribution is 0.163. The number of ether oxygens (including phenoxy) is 2. The summed E-state index contributed by atoms with van der Waals surface area (Å²) in [4.78, 5) is 9.03. The van der Waals surface area contributed by atoms with E-state index in [2.05, 4.69) is 9.97 Å². The van der Waals surface area contributed by atoms with E-state index in [1.807, 2.05) is 24.3 Å². The maximum atomic E-state index is 5.11. The van der Waals surface area contributed by atoms with Crippen LogP contribution in [0, 0.1) is 0 Å². The van der Waals surface area contributed by atoms with Crippen LogP contribution in [0.4, 0.5) is 0 Å². The number of rotatable bonds is 4. The highest BCUT2D eigenvalue weighted by molar-refractivity contribution is 5.74. The fraction of sp³-hybridized carbons (Fsp3) is 0.333. The minimum absolute atomic E-state index is 0.455. The molecule has 16 heavy (non-hydrogen) atoms. The molecule has 0 spiro atoms. The average molecular weight is 218 g/mol. The SMILES string of the molecule is COCc1nc2ccccc2nc1COC. The van der Waals surface area contributed by atoms with Crippen LogP contribution in [0.3, 0.4) is 0 Å². The molecule has 1 heterocycles. The van der Waals surface area contributed by atoms with Gasteiger partial charge in [0.2, 0.25) is 0 Å². The molecule has 0 unspecified atom stereocenters. The Balaban J connectivity index is 2.51. The first kappa shape index (κ1) is 11.0. The van der Waals surface area contributed by atoms with Crippen molar-refractivity contribution in [2.24, 2.45) is 0 Å². The summed E-state index contributed by atoms with van der Waals surface area (Å²) >= 11 is 0. The number of fused-ring (bicyclic) bond motifs is 1. The van der Waals surface area contributed by atoms with Crippen molar-refractivity contribution in [1.82, 2.24) is 9.97 Å². The molecule has 4 nitrogen and oxygen atoms in total. The van der Waals surface area contributed by atoms with Crippen molar-refractivity contribution in [2.45, 2.75) is 13.2 Å². The lowest BCUT2D eigenvalue weighted by atomic mass is 10.2. The third kappa shape index (κ3) is 2.18. The van der Waals surface area contributed by atoms with Gasteiger partial charge in [0.05, 0.1) is 35.6 Å². The van der Waals surface area contributed by atoms with E-state index in [4.69, 9.17) is 9.47 Å². The predicted molar refractivity (Wildman–Crippen MR) is 61.0 cm³/mol. The summed E-state index contributed by atoms with van der Waals surface area (Å²) in [6, 6.07) is 7.78. The summed E-state index contributed by atoms with van der Waals surface area (Å²) in [5, 5.41) is 0. The van der Waals surface area contributed by atoms with Gasteiger partial charge in [0, 0.05) is 14.2 Å². The third-order valence-electron chi connectivity index (χ3n) is 2.29. The molecule has 0 saturated carbocycles. The first-order valence-corrected chi connectivity index (χ1v) is 5.07. The Morgan fingerprint density at radius 1 is 0.875 bits per heavy atom. The molecule has 0 N–H and O–H groups in total. The van der Waals surface area contributed by atoms with E-state index in [0.29, 0.717) is 13.2 Å². The molecule has 0 aliphatic rings. The Hall–Kier alpha value is -1.52. The van der Waals surface area contributed by atoms with E-state index < -0.39 is 0 Å². The molecule has 0 fully saturated rings. The van der Waals surface area contributed by atoms with Crippen molar-refractivity contribution in [3.8, 4) is 0 Å². The smallest absolute Gasteiger partial charge is 0.0907 e. The van der Waals surface area contributed by atoms with Crippen molar-refractivity contribution < 1.29 is 9.47 Å². The van der Waals surface area contributed by atoms with E-state index >= 15 is 0 Å². The Morgan fingerprint density at radius 2 is 1.31 bits per heavy atom. The zero-order valence-corrected chi connectivity index (χ0v) is 9.43. The zero-order chi connectivity index (χ0) is 11.4. The Morgan fingerprint density at radius 3 is 1.69 bits per heavy atom. The van der Waals surface area contributed by atoms with Gasteiger partial charge >= 0.3 is 0 Å². The lowest BCUT2D eigenvalue weighted by Crippen LogP contribution is -2.04. The molecule has 0 atom stereocenters. The van der Waals surface area contributed by atoms with Gasteiger partial charge in [0.25, 0.3) is 0 Å². The molecule has 0 saturated heterocycles. The third-order valence-corrected chi connectivity index (χ3v) is 2.29. The van der Waals surface area contributed by atoms with Crippen LogP contribution in [0.5, 0.6) is 0 Å². The van der Waals surface area contributed by atoms with Crippen LogP contribution in [0.2, 0.25) is 0 Å². The molecular formula is C12H14N2O2. The summed E-state index contributed by atoms with van der Waals surface area (Å²) in [7, 11) is 3.29. The van der Waals surface area contributed by atoms with Crippen LogP contribution in [0.1, 0.15) is 11.4 Å². The quantitative estimate of drug-likeness (QED) is 0.786. The van der Waals surface area contributed by atoms with Crippen LogP contribution >= 0.6 is 0 Å². The largest absolute Gasteiger partial charge is 0.378 e. The average Bonchev–Trinajstić information content (AvgIpc) is 2.30. The number of aromatic nitrogens is 2. The van der Waals surface area contributed by atoms with E-state index in [-0.39, 0.29) is 0 Å². The van der Waals surface area contributed by atoms with Gasteiger partial charge in [-0.15, -0.1) is 0 Å². The van der Waals surface area contributed by atoms with E-state index in [0.717, 1.165) is 22.4 Å². The number of nitrogens with zero attached hydrogens (tertiary/aromatic N) is 2. The highest BCUT2D eigenvalue weighted by atomic mass is 16.5. The Bertz CT molecular complexity index is 441. The van der Waals surface area contributed by atoms with Gasteiger partial charge in [0.1, 0.15) is 0 Å². The summed E-state index contributed by atoms with van der Waals surface area (Å²) in [6.07, 6.45) is 0. The van der Waals surface area contributed by atoms with Crippen LogP contribution < -0.4 is 0 Å². The summed E-state index contributed by atoms with van der Waals surface area (Å²) in [6.45, 7) is 0.910. The normalized spacial score (nSPS) is 10.9. The van der Waals surface area contributed by atoms with E-state index in [1.54, 1.807) is 14.2 Å². The second-order valence-electron chi connectivity index (χ2n) is 3.47. The minimum atomic E-state index is 0.455. The highest BCUT2D eigenvalue weighted by Crippen LogP contribution is 2.14. The number of hydrogen-bond donors (Lipinski definition) is 0. The topological polar surface area (TPSA) is 44.2 Å². The molecule has 0 aliphatic heterocycles. The van der Waals surface area contributed by atoms with Crippen molar-refractivity contribution in [3.63, 3.8) is 0 Å². The van der Waals surface area contributed by atoms with Gasteiger partial charge in [-0.25, -0.2) is 9.97 Å². The molecule has 0 bridgehead atoms. The number of benzene rings is 1. The van der Waals surface area contributed by atoms with Crippen molar-refractivity contribution in [3.05, 3.63) is 35.7 Å². The maximum Gasteiger partial charge on any atom is 0.0907 e. The monoisotopic (exact) mass is 218 g/mol. The van der Waals surface area contributed by atoms with Crippen molar-refractivity contribution in [2.75, 3.05) is 14.2 Å². The summed E-state index contributed by atoms with van der Waals surface area (Å²) in [5.74, 6) is 0. The van der Waals surface area contributed by atoms with Crippen LogP contribution in [-0.4, -0.2) is 24.2 Å². The maximum absolute atomic E-state index is 5.11. The van der Waals surface area contributed by atoms with Gasteiger partial charge in [-0.05, 0) is 12.1 Å². The zero-order valence-electron chi connectivity index (χ0n) is 9.43. The molecule has 4 heteroatoms. The van der Waals surface area contributed by atoms with Gasteiger partial charge < -0.3 is 9.47 Å². The minimum Gasteiger partial charge on any atom is -0.378 e. The van der Waals surface area contributed by atoms with Gasteiger partial charge in [0.15, 0.2) is 0 Å². The van der Waals surface area contributed by atoms with Crippen molar-refractivity contribution in [1.29, 1.82) is 0 Å². The molecule has 2 aromatic rings. The van der Waals surface area contributed by atoms with Gasteiger partial charge in [-0.1, -0.05) is 12.1 Å². The van der Waals surface area contributed by atoms with Crippen LogP contribution in [0.15, 0.2) is 24.3 Å². The van der Waals surface area contributed by atoms with Gasteiger partial charge in [-0.3, -0.25) is 0 Å². The molecule has 84 valence electrons. The predicted octanol–water partition coefficient (Wildman–Crippen LogP) is 1.92. The van der Waals surface area contributed by atoms with Crippen LogP contribution in [-0.2, 0) is 22.7 Å². The molecular weight excluding hydrogens is 204 g/mol. The molecule has 1 aromatic heterocycles. The fourth-order valence-electron chi connectivity index (χ4n) is 1.58. The molecule has 1 aromatic carbocycles. The van der Waals surface area contributed by atoms with E-state index in [9.17, 15) is 0 Å². The first-order valence-electron chi connectivity index (χ1n) is 5.07. The standard InChI is InChI=1S/C12H14N2O2/c1-15-7-11-12(8-16-2)14-10-6-4-3-5-9(10)13-11/h3-6H,7-8H2,1-2H3. The number of para-hydroxylation sites is 2. The second-order valence-corrected chi connectivity index (χ2v) is 3.47. The van der Waals surface area contributed by atoms with Gasteiger partial charge in [-0.2, -0.15) is 0 Å². The highest BCUT2D eigenvalue weighted by Gasteiger charge is 2.07. The van der Waals surface area contributed by atoms with Crippen molar-refractivity contribution >= 4 is 11.0 Å². The lowest BCUT2D eigenvalue weighted by Gasteiger charge is -2.08. The fourth-order valence-corrected chi connectivity index (χ4v) is 1.58. The Kier molecular flexibility index (Phi) is 3.44. The second kappa shape index (κ2) is 5.01. The Labute approximate surface area is 94.2 Å². The summed E-state index contributed by atoms with van der Waals surface area (Å²) < 4.78 is 10.2. The molecule has 0 aliphatic carbocycles. The molecule has 2 rings (SSSR count). The van der Waals surface area contributed by atoms with Crippen LogP contribution in [0.25, 0.3) is 11.0 Å². The number of hydrogen-bond acceptors (Lipinski definition) is 4. The number of methoxy groups -OCH3 is 2. The molecule has 0 radical (unpaired) electrons. The first-order chi connectivity index (χ1) is 7.85.